The van der Waals surface area contributed by atoms with Gasteiger partial charge in [-0.25, -0.2) is 4.79 Å². The average Bonchev–Trinajstić information content (AvgIpc) is 2.46. The number of hydrogen-bond donors (Lipinski definition) is 1. The molecule has 0 saturated carbocycles. The number of aromatic nitrogens is 2. The molecule has 0 aliphatic carbocycles. The number of carboxylic acids is 1. The van der Waals surface area contributed by atoms with Crippen molar-refractivity contribution in [1.29, 1.82) is 0 Å². The third-order valence-electron chi connectivity index (χ3n) is 1.97. The van der Waals surface area contributed by atoms with Crippen molar-refractivity contribution in [3.05, 3.63) is 15.5 Å². The molecule has 0 aromatic carbocycles. The van der Waals surface area contributed by atoms with E-state index in [0.717, 1.165) is 6.42 Å². The maximum atomic E-state index is 10.7. The standard InChI is InChI=1S/C8H11IN2O2/c1-3-5(2)11-7(9)6(4-10-11)8(12)13/h4-5H,3H2,1-2H3,(H,12,13). The summed E-state index contributed by atoms with van der Waals surface area (Å²) in [7, 11) is 0. The second-order valence-electron chi connectivity index (χ2n) is 2.86. The van der Waals surface area contributed by atoms with E-state index in [9.17, 15) is 4.79 Å². The molecule has 0 fully saturated rings. The second-order valence-corrected chi connectivity index (χ2v) is 3.88. The van der Waals surface area contributed by atoms with Crippen molar-refractivity contribution in [2.75, 3.05) is 0 Å². The quantitative estimate of drug-likeness (QED) is 0.869. The van der Waals surface area contributed by atoms with Crippen molar-refractivity contribution in [3.63, 3.8) is 0 Å². The fourth-order valence-corrected chi connectivity index (χ4v) is 1.94. The lowest BCUT2D eigenvalue weighted by molar-refractivity contribution is 0.0695. The molecule has 0 bridgehead atoms. The topological polar surface area (TPSA) is 55.1 Å². The van der Waals surface area contributed by atoms with Crippen LogP contribution >= 0.6 is 22.6 Å². The molecule has 0 saturated heterocycles. The molecule has 1 unspecified atom stereocenters. The highest BCUT2D eigenvalue weighted by Gasteiger charge is 2.16. The molecule has 0 amide bonds. The molecule has 13 heavy (non-hydrogen) atoms. The molecule has 1 aromatic rings. The fourth-order valence-electron chi connectivity index (χ4n) is 0.971. The molecule has 72 valence electrons. The van der Waals surface area contributed by atoms with E-state index in [1.165, 1.54) is 6.20 Å². The minimum Gasteiger partial charge on any atom is -0.478 e. The van der Waals surface area contributed by atoms with E-state index in [-0.39, 0.29) is 11.6 Å². The van der Waals surface area contributed by atoms with E-state index < -0.39 is 5.97 Å². The Morgan fingerprint density at radius 2 is 2.46 bits per heavy atom. The maximum absolute atomic E-state index is 10.7. The molecule has 1 N–H and O–H groups in total. The Hall–Kier alpha value is -0.590. The molecule has 0 aliphatic rings. The normalized spacial score (nSPS) is 12.8. The Kier molecular flexibility index (Phi) is 3.29. The zero-order chi connectivity index (χ0) is 10.0. The highest BCUT2D eigenvalue weighted by molar-refractivity contribution is 14.1. The highest BCUT2D eigenvalue weighted by atomic mass is 127. The van der Waals surface area contributed by atoms with Crippen LogP contribution in [0.2, 0.25) is 0 Å². The Labute approximate surface area is 90.1 Å². The molecule has 0 spiro atoms. The van der Waals surface area contributed by atoms with Crippen LogP contribution in [0.3, 0.4) is 0 Å². The first-order chi connectivity index (χ1) is 6.07. The molecule has 1 atom stereocenters. The van der Waals surface area contributed by atoms with E-state index in [1.807, 2.05) is 36.4 Å². The predicted molar refractivity (Wildman–Crippen MR) is 56.9 cm³/mol. The first-order valence-corrected chi connectivity index (χ1v) is 5.12. The first-order valence-electron chi connectivity index (χ1n) is 4.04. The number of halogens is 1. The summed E-state index contributed by atoms with van der Waals surface area (Å²) in [5.41, 5.74) is 0.279. The van der Waals surface area contributed by atoms with Gasteiger partial charge in [-0.3, -0.25) is 4.68 Å². The molecule has 4 nitrogen and oxygen atoms in total. The molecule has 0 radical (unpaired) electrons. The van der Waals surface area contributed by atoms with Gasteiger partial charge in [-0.1, -0.05) is 6.92 Å². The maximum Gasteiger partial charge on any atom is 0.340 e. The van der Waals surface area contributed by atoms with Crippen molar-refractivity contribution in [1.82, 2.24) is 9.78 Å². The van der Waals surface area contributed by atoms with Crippen LogP contribution in [0, 0.1) is 3.70 Å². The lowest BCUT2D eigenvalue weighted by Gasteiger charge is -2.10. The molecular formula is C8H11IN2O2. The third kappa shape index (κ3) is 2.01. The van der Waals surface area contributed by atoms with E-state index in [2.05, 4.69) is 5.10 Å². The smallest absolute Gasteiger partial charge is 0.340 e. The van der Waals surface area contributed by atoms with Gasteiger partial charge < -0.3 is 5.11 Å². The van der Waals surface area contributed by atoms with Gasteiger partial charge in [0.15, 0.2) is 0 Å². The lowest BCUT2D eigenvalue weighted by atomic mass is 10.3. The molecule has 0 aliphatic heterocycles. The first kappa shape index (κ1) is 10.5. The van der Waals surface area contributed by atoms with Gasteiger partial charge >= 0.3 is 5.97 Å². The van der Waals surface area contributed by atoms with Crippen molar-refractivity contribution in [2.45, 2.75) is 26.3 Å². The van der Waals surface area contributed by atoms with E-state index in [0.29, 0.717) is 3.70 Å². The van der Waals surface area contributed by atoms with Crippen LogP contribution in [-0.4, -0.2) is 20.9 Å². The van der Waals surface area contributed by atoms with E-state index in [1.54, 1.807) is 4.68 Å². The van der Waals surface area contributed by atoms with Crippen LogP contribution in [-0.2, 0) is 0 Å². The van der Waals surface area contributed by atoms with Gasteiger partial charge in [0.25, 0.3) is 0 Å². The summed E-state index contributed by atoms with van der Waals surface area (Å²) in [6.07, 6.45) is 2.34. The number of aromatic carboxylic acids is 1. The fraction of sp³-hybridized carbons (Fsp3) is 0.500. The summed E-state index contributed by atoms with van der Waals surface area (Å²) >= 11 is 2.01. The minimum absolute atomic E-state index is 0.250. The van der Waals surface area contributed by atoms with Crippen LogP contribution in [0.5, 0.6) is 0 Å². The number of rotatable bonds is 3. The summed E-state index contributed by atoms with van der Waals surface area (Å²) in [5.74, 6) is -0.918. The van der Waals surface area contributed by atoms with Crippen LogP contribution < -0.4 is 0 Å². The number of hydrogen-bond acceptors (Lipinski definition) is 2. The van der Waals surface area contributed by atoms with Crippen LogP contribution in [0.15, 0.2) is 6.20 Å². The lowest BCUT2D eigenvalue weighted by Crippen LogP contribution is -2.09. The minimum atomic E-state index is -0.918. The van der Waals surface area contributed by atoms with Crippen molar-refractivity contribution in [2.24, 2.45) is 0 Å². The summed E-state index contributed by atoms with van der Waals surface area (Å²) < 4.78 is 2.43. The van der Waals surface area contributed by atoms with Gasteiger partial charge in [0.2, 0.25) is 0 Å². The Bertz CT molecular complexity index is 322. The summed E-state index contributed by atoms with van der Waals surface area (Å²) in [5, 5.41) is 12.8. The van der Waals surface area contributed by atoms with Crippen molar-refractivity contribution in [3.8, 4) is 0 Å². The van der Waals surface area contributed by atoms with Gasteiger partial charge in [-0.15, -0.1) is 0 Å². The predicted octanol–water partition coefficient (Wildman–Crippen LogP) is 2.16. The number of carboxylic acid groups (broad SMARTS) is 1. The van der Waals surface area contributed by atoms with Crippen molar-refractivity contribution < 1.29 is 9.90 Å². The Balaban J connectivity index is 3.06. The summed E-state index contributed by atoms with van der Waals surface area (Å²) in [6, 6.07) is 0.250. The van der Waals surface area contributed by atoms with Crippen LogP contribution in [0.25, 0.3) is 0 Å². The molecular weight excluding hydrogens is 283 g/mol. The highest BCUT2D eigenvalue weighted by Crippen LogP contribution is 2.18. The largest absolute Gasteiger partial charge is 0.478 e. The Morgan fingerprint density at radius 1 is 1.85 bits per heavy atom. The Morgan fingerprint density at radius 3 is 2.85 bits per heavy atom. The van der Waals surface area contributed by atoms with Gasteiger partial charge in [0.1, 0.15) is 9.26 Å². The monoisotopic (exact) mass is 294 g/mol. The number of carbonyl (C=O) groups is 1. The van der Waals surface area contributed by atoms with E-state index in [4.69, 9.17) is 5.11 Å². The van der Waals surface area contributed by atoms with Gasteiger partial charge in [0.05, 0.1) is 12.2 Å². The number of nitrogens with zero attached hydrogens (tertiary/aromatic N) is 2. The van der Waals surface area contributed by atoms with Crippen molar-refractivity contribution >= 4 is 28.6 Å². The third-order valence-corrected chi connectivity index (χ3v) is 3.05. The SMILES string of the molecule is CCC(C)n1ncc(C(=O)O)c1I. The molecule has 1 aromatic heterocycles. The van der Waals surface area contributed by atoms with Crippen LogP contribution in [0.4, 0.5) is 0 Å². The second kappa shape index (κ2) is 4.08. The average molecular weight is 294 g/mol. The zero-order valence-electron chi connectivity index (χ0n) is 7.49. The molecule has 5 heteroatoms. The van der Waals surface area contributed by atoms with Crippen LogP contribution in [0.1, 0.15) is 36.7 Å². The van der Waals surface area contributed by atoms with Gasteiger partial charge in [-0.2, -0.15) is 5.10 Å². The zero-order valence-corrected chi connectivity index (χ0v) is 9.65. The summed E-state index contributed by atoms with van der Waals surface area (Å²) in [6.45, 7) is 4.06. The molecule has 1 rings (SSSR count). The molecule has 1 heterocycles. The van der Waals surface area contributed by atoms with Gasteiger partial charge in [-0.05, 0) is 35.9 Å². The summed E-state index contributed by atoms with van der Waals surface area (Å²) in [4.78, 5) is 10.7. The van der Waals surface area contributed by atoms with E-state index >= 15 is 0 Å². The van der Waals surface area contributed by atoms with Gasteiger partial charge in [0, 0.05) is 0 Å².